The number of thioether (sulfide) groups is 1. The molecule has 0 aromatic heterocycles. The number of alkyl halides is 1. The Bertz CT molecular complexity index is 337. The zero-order chi connectivity index (χ0) is 10.6. The number of hydrogen-bond donors (Lipinski definition) is 0. The average Bonchev–Trinajstić information content (AvgIpc) is 2.20. The van der Waals surface area contributed by atoms with Gasteiger partial charge in [0.05, 0.1) is 0 Å². The lowest BCUT2D eigenvalue weighted by atomic mass is 10.4. The summed E-state index contributed by atoms with van der Waals surface area (Å²) in [6.07, 6.45) is 0. The van der Waals surface area contributed by atoms with Crippen LogP contribution in [-0.4, -0.2) is 4.43 Å². The largest absolute Gasteiger partial charge is 0.198 e. The van der Waals surface area contributed by atoms with E-state index < -0.39 is 0 Å². The fourth-order valence-corrected chi connectivity index (χ4v) is 2.43. The maximum Gasteiger partial charge on any atom is 0.171 e. The first kappa shape index (κ1) is 13.1. The number of halogens is 4. The normalized spacial score (nSPS) is 12.6. The lowest BCUT2D eigenvalue weighted by Gasteiger charge is -2.00. The Morgan fingerprint density at radius 2 is 1.93 bits per heavy atom. The first-order valence-corrected chi connectivity index (χ1v) is 7.47. The topological polar surface area (TPSA) is 0 Å². The van der Waals surface area contributed by atoms with Crippen molar-refractivity contribution >= 4 is 68.5 Å². The summed E-state index contributed by atoms with van der Waals surface area (Å²) in [5, 5.41) is 0.532. The second kappa shape index (κ2) is 6.55. The summed E-state index contributed by atoms with van der Waals surface area (Å²) in [4.78, 5) is 0.867. The van der Waals surface area contributed by atoms with Crippen LogP contribution in [-0.2, 0) is 0 Å². The van der Waals surface area contributed by atoms with Crippen LogP contribution in [0.2, 0.25) is 5.02 Å². The summed E-state index contributed by atoms with van der Waals surface area (Å²) in [6, 6.07) is 7.13. The Morgan fingerprint density at radius 3 is 2.43 bits per heavy atom. The highest BCUT2D eigenvalue weighted by atomic mass is 127. The van der Waals surface area contributed by atoms with Gasteiger partial charge < -0.3 is 0 Å². The molecule has 0 fully saturated rings. The highest BCUT2D eigenvalue weighted by molar-refractivity contribution is 14.1. The van der Waals surface area contributed by atoms with E-state index in [1.54, 1.807) is 12.1 Å². The Labute approximate surface area is 119 Å². The highest BCUT2D eigenvalue weighted by Gasteiger charge is 2.04. The quantitative estimate of drug-likeness (QED) is 0.333. The molecular formula is C9H6ClFI2S. The lowest BCUT2D eigenvalue weighted by Crippen LogP contribution is -1.76. The molecule has 1 rings (SSSR count). The standard InChI is InChI=1S/C9H6ClFI2S/c10-6-1-3-7(4-2-6)14-9(11)8(13)5-12/h1-4H,5H2/b9-8-. The zero-order valence-electron chi connectivity index (χ0n) is 6.94. The van der Waals surface area contributed by atoms with Crippen molar-refractivity contribution in [3.8, 4) is 0 Å². The van der Waals surface area contributed by atoms with Gasteiger partial charge in [-0.15, -0.1) is 0 Å². The monoisotopic (exact) mass is 454 g/mol. The second-order valence-electron chi connectivity index (χ2n) is 2.37. The fourth-order valence-electron chi connectivity index (χ4n) is 0.714. The van der Waals surface area contributed by atoms with Gasteiger partial charge >= 0.3 is 0 Å². The molecule has 5 heteroatoms. The fraction of sp³-hybridized carbons (Fsp3) is 0.111. The maximum atomic E-state index is 13.4. The van der Waals surface area contributed by atoms with E-state index in [4.69, 9.17) is 11.6 Å². The van der Waals surface area contributed by atoms with Crippen molar-refractivity contribution in [3.05, 3.63) is 38.0 Å². The highest BCUT2D eigenvalue weighted by Crippen LogP contribution is 2.33. The van der Waals surface area contributed by atoms with Crippen LogP contribution in [0.25, 0.3) is 0 Å². The Morgan fingerprint density at radius 1 is 1.36 bits per heavy atom. The van der Waals surface area contributed by atoms with E-state index in [9.17, 15) is 4.39 Å². The predicted molar refractivity (Wildman–Crippen MR) is 78.4 cm³/mol. The zero-order valence-corrected chi connectivity index (χ0v) is 12.8. The molecule has 0 heterocycles. The minimum absolute atomic E-state index is 0.137. The maximum absolute atomic E-state index is 13.4. The molecular weight excluding hydrogens is 448 g/mol. The lowest BCUT2D eigenvalue weighted by molar-refractivity contribution is 0.697. The summed E-state index contributed by atoms with van der Waals surface area (Å²) < 4.78 is 14.8. The Kier molecular flexibility index (Phi) is 6.11. The van der Waals surface area contributed by atoms with Crippen LogP contribution in [0.4, 0.5) is 4.39 Å². The van der Waals surface area contributed by atoms with Crippen molar-refractivity contribution in [2.24, 2.45) is 0 Å². The SMILES string of the molecule is F/C(Sc1ccc(Cl)cc1)=C(/I)CI. The van der Waals surface area contributed by atoms with E-state index in [0.29, 0.717) is 9.45 Å². The van der Waals surface area contributed by atoms with Gasteiger partial charge in [0.25, 0.3) is 0 Å². The minimum Gasteiger partial charge on any atom is -0.198 e. The second-order valence-corrected chi connectivity index (χ2v) is 5.90. The van der Waals surface area contributed by atoms with Gasteiger partial charge in [-0.25, -0.2) is 0 Å². The minimum atomic E-state index is -0.137. The van der Waals surface area contributed by atoms with Crippen molar-refractivity contribution in [2.45, 2.75) is 4.90 Å². The summed E-state index contributed by atoms with van der Waals surface area (Å²) in [7, 11) is 0. The van der Waals surface area contributed by atoms with Crippen LogP contribution >= 0.6 is 68.5 Å². The van der Waals surface area contributed by atoms with Gasteiger partial charge in [-0.3, -0.25) is 0 Å². The van der Waals surface area contributed by atoms with E-state index in [-0.39, 0.29) is 5.16 Å². The van der Waals surface area contributed by atoms with Gasteiger partial charge in [0.15, 0.2) is 5.16 Å². The van der Waals surface area contributed by atoms with E-state index in [1.165, 1.54) is 0 Å². The number of benzene rings is 1. The van der Waals surface area contributed by atoms with E-state index in [1.807, 2.05) is 34.7 Å². The van der Waals surface area contributed by atoms with Crippen molar-refractivity contribution in [3.63, 3.8) is 0 Å². The third kappa shape index (κ3) is 4.24. The predicted octanol–water partition coefficient (Wildman–Crippen LogP) is 5.44. The molecule has 0 spiro atoms. The molecule has 76 valence electrons. The number of allylic oxidation sites excluding steroid dienone is 1. The molecule has 0 aliphatic rings. The molecule has 14 heavy (non-hydrogen) atoms. The van der Waals surface area contributed by atoms with E-state index in [0.717, 1.165) is 20.2 Å². The van der Waals surface area contributed by atoms with Crippen LogP contribution in [0.1, 0.15) is 0 Å². The Balaban J connectivity index is 2.74. The molecule has 0 amide bonds. The van der Waals surface area contributed by atoms with Gasteiger partial charge in [-0.05, 0) is 46.9 Å². The molecule has 0 bridgehead atoms. The van der Waals surface area contributed by atoms with Gasteiger partial charge in [0.2, 0.25) is 0 Å². The average molecular weight is 454 g/mol. The van der Waals surface area contributed by atoms with E-state index >= 15 is 0 Å². The van der Waals surface area contributed by atoms with Crippen LogP contribution < -0.4 is 0 Å². The van der Waals surface area contributed by atoms with Crippen molar-refractivity contribution in [1.82, 2.24) is 0 Å². The molecule has 0 aliphatic heterocycles. The molecule has 0 atom stereocenters. The van der Waals surface area contributed by atoms with Gasteiger partial charge in [0, 0.05) is 17.9 Å². The molecule has 0 nitrogen and oxygen atoms in total. The van der Waals surface area contributed by atoms with Gasteiger partial charge in [-0.1, -0.05) is 46.0 Å². The molecule has 0 unspecified atom stereocenters. The third-order valence-electron chi connectivity index (χ3n) is 1.35. The first-order chi connectivity index (χ1) is 6.63. The van der Waals surface area contributed by atoms with Crippen LogP contribution in [0.15, 0.2) is 37.9 Å². The molecule has 0 saturated carbocycles. The summed E-state index contributed by atoms with van der Waals surface area (Å²) >= 11 is 11.0. The number of rotatable bonds is 3. The van der Waals surface area contributed by atoms with Gasteiger partial charge in [0.1, 0.15) is 0 Å². The van der Waals surface area contributed by atoms with E-state index in [2.05, 4.69) is 22.6 Å². The molecule has 1 aromatic rings. The number of hydrogen-bond acceptors (Lipinski definition) is 1. The first-order valence-electron chi connectivity index (χ1n) is 3.67. The summed E-state index contributed by atoms with van der Waals surface area (Å²) in [5.41, 5.74) is 0. The van der Waals surface area contributed by atoms with Crippen molar-refractivity contribution in [2.75, 3.05) is 4.43 Å². The van der Waals surface area contributed by atoms with Gasteiger partial charge in [-0.2, -0.15) is 4.39 Å². The third-order valence-corrected chi connectivity index (χ3v) is 5.98. The molecule has 0 saturated heterocycles. The summed E-state index contributed by atoms with van der Waals surface area (Å²) in [5.74, 6) is 0. The molecule has 0 N–H and O–H groups in total. The van der Waals surface area contributed by atoms with Crippen molar-refractivity contribution < 1.29 is 4.39 Å². The van der Waals surface area contributed by atoms with Crippen LogP contribution in [0, 0.1) is 0 Å². The summed E-state index contributed by atoms with van der Waals surface area (Å²) in [6.45, 7) is 0. The molecule has 0 aliphatic carbocycles. The van der Waals surface area contributed by atoms with Crippen LogP contribution in [0.3, 0.4) is 0 Å². The Hall–Kier alpha value is 0.990. The smallest absolute Gasteiger partial charge is 0.171 e. The van der Waals surface area contributed by atoms with Crippen LogP contribution in [0.5, 0.6) is 0 Å². The molecule has 0 radical (unpaired) electrons. The molecule has 1 aromatic carbocycles. The van der Waals surface area contributed by atoms with Crippen molar-refractivity contribution in [1.29, 1.82) is 0 Å².